The van der Waals surface area contributed by atoms with Crippen molar-refractivity contribution in [1.82, 2.24) is 4.98 Å². The van der Waals surface area contributed by atoms with Crippen molar-refractivity contribution in [1.29, 1.82) is 0 Å². The van der Waals surface area contributed by atoms with E-state index in [-0.39, 0.29) is 0 Å². The molecule has 0 N–H and O–H groups in total. The van der Waals surface area contributed by atoms with Gasteiger partial charge in [0.2, 0.25) is 0 Å². The van der Waals surface area contributed by atoms with E-state index in [1.165, 1.54) is 0 Å². The molecule has 0 bridgehead atoms. The lowest BCUT2D eigenvalue weighted by atomic mass is 10.0. The Balaban J connectivity index is 1.94. The van der Waals surface area contributed by atoms with E-state index < -0.39 is 16.1 Å². The maximum atomic E-state index is 11.3. The van der Waals surface area contributed by atoms with E-state index in [0.29, 0.717) is 6.42 Å². The second-order valence-electron chi connectivity index (χ2n) is 5.56. The second kappa shape index (κ2) is 6.88. The zero-order chi connectivity index (χ0) is 17.0. The lowest BCUT2D eigenvalue weighted by molar-refractivity contribution is 0.594. The Morgan fingerprint density at radius 3 is 2.42 bits per heavy atom. The van der Waals surface area contributed by atoms with Crippen molar-refractivity contribution in [3.8, 4) is 0 Å². The largest absolute Gasteiger partial charge is 0.267 e. The number of fused-ring (bicyclic) bond motifs is 1. The number of benzene rings is 2. The van der Waals surface area contributed by atoms with Gasteiger partial charge in [-0.15, -0.1) is 0 Å². The highest BCUT2D eigenvalue weighted by molar-refractivity contribution is 7.89. The SMILES string of the molecule is CS(=O)(=O)N=N[C@H](Cc1ccc2ccccc2n1)c1ccccc1. The van der Waals surface area contributed by atoms with Gasteiger partial charge >= 0.3 is 0 Å². The van der Waals surface area contributed by atoms with Crippen LogP contribution in [0.4, 0.5) is 0 Å². The van der Waals surface area contributed by atoms with Gasteiger partial charge in [0, 0.05) is 17.5 Å². The van der Waals surface area contributed by atoms with Crippen LogP contribution in [0.2, 0.25) is 0 Å². The Morgan fingerprint density at radius 2 is 1.67 bits per heavy atom. The number of para-hydroxylation sites is 1. The van der Waals surface area contributed by atoms with Crippen molar-refractivity contribution in [2.24, 2.45) is 9.63 Å². The summed E-state index contributed by atoms with van der Waals surface area (Å²) in [5.74, 6) is 0. The molecule has 3 aromatic rings. The molecule has 1 atom stereocenters. The van der Waals surface area contributed by atoms with Crippen LogP contribution in [0.25, 0.3) is 10.9 Å². The van der Waals surface area contributed by atoms with Gasteiger partial charge in [-0.25, -0.2) is 8.42 Å². The molecular weight excluding hydrogens is 322 g/mol. The summed E-state index contributed by atoms with van der Waals surface area (Å²) in [5, 5.41) is 5.10. The average molecular weight is 339 g/mol. The Morgan fingerprint density at radius 1 is 0.958 bits per heavy atom. The Labute approximate surface area is 141 Å². The van der Waals surface area contributed by atoms with E-state index in [9.17, 15) is 8.42 Å². The Bertz CT molecular complexity index is 970. The minimum absolute atomic E-state index is 0.394. The van der Waals surface area contributed by atoms with Gasteiger partial charge in [-0.05, 0) is 17.7 Å². The van der Waals surface area contributed by atoms with Gasteiger partial charge in [-0.3, -0.25) is 4.98 Å². The zero-order valence-corrected chi connectivity index (χ0v) is 14.0. The molecule has 0 aliphatic heterocycles. The molecule has 0 aliphatic carbocycles. The summed E-state index contributed by atoms with van der Waals surface area (Å²) in [6.07, 6.45) is 1.51. The first-order chi connectivity index (χ1) is 11.5. The molecule has 0 spiro atoms. The van der Waals surface area contributed by atoms with Crippen molar-refractivity contribution in [2.75, 3.05) is 6.26 Å². The molecule has 0 saturated carbocycles. The minimum atomic E-state index is -3.52. The summed E-state index contributed by atoms with van der Waals surface area (Å²) < 4.78 is 26.1. The molecule has 6 heteroatoms. The lowest BCUT2D eigenvalue weighted by Crippen LogP contribution is -2.03. The summed E-state index contributed by atoms with van der Waals surface area (Å²) >= 11 is 0. The molecule has 5 nitrogen and oxygen atoms in total. The molecule has 0 radical (unpaired) electrons. The first kappa shape index (κ1) is 16.3. The van der Waals surface area contributed by atoms with Crippen LogP contribution < -0.4 is 0 Å². The molecule has 1 heterocycles. The normalized spacial score (nSPS) is 13.4. The van der Waals surface area contributed by atoms with Crippen molar-refractivity contribution in [2.45, 2.75) is 12.5 Å². The summed E-state index contributed by atoms with van der Waals surface area (Å²) in [6, 6.07) is 20.9. The number of aromatic nitrogens is 1. The van der Waals surface area contributed by atoms with Crippen molar-refractivity contribution in [3.05, 3.63) is 78.0 Å². The monoisotopic (exact) mass is 339 g/mol. The van der Waals surface area contributed by atoms with Gasteiger partial charge in [0.05, 0.1) is 11.8 Å². The summed E-state index contributed by atoms with van der Waals surface area (Å²) in [6.45, 7) is 0. The van der Waals surface area contributed by atoms with E-state index in [0.717, 1.165) is 28.4 Å². The number of rotatable bonds is 5. The second-order valence-corrected chi connectivity index (χ2v) is 7.19. The Kier molecular flexibility index (Phi) is 4.66. The summed E-state index contributed by atoms with van der Waals surface area (Å²) in [4.78, 5) is 4.63. The predicted molar refractivity (Wildman–Crippen MR) is 94.3 cm³/mol. The first-order valence-corrected chi connectivity index (χ1v) is 9.38. The Hall–Kier alpha value is -2.60. The molecule has 0 fully saturated rings. The number of nitrogens with zero attached hydrogens (tertiary/aromatic N) is 3. The summed E-state index contributed by atoms with van der Waals surface area (Å²) in [7, 11) is -3.52. The van der Waals surface area contributed by atoms with Crippen LogP contribution in [0, 0.1) is 0 Å². The fourth-order valence-corrected chi connectivity index (χ4v) is 2.75. The van der Waals surface area contributed by atoms with Crippen LogP contribution in [0.5, 0.6) is 0 Å². The van der Waals surface area contributed by atoms with Crippen LogP contribution in [-0.2, 0) is 16.4 Å². The standard InChI is InChI=1S/C18H17N3O2S/c1-24(22,23)21-20-18(14-7-3-2-4-8-14)13-16-12-11-15-9-5-6-10-17(15)19-16/h2-12,18H,13H2,1H3/t18-/m1/s1. The molecule has 0 amide bonds. The van der Waals surface area contributed by atoms with Gasteiger partial charge in [-0.1, -0.05) is 59.1 Å². The van der Waals surface area contributed by atoms with E-state index >= 15 is 0 Å². The number of hydrogen-bond donors (Lipinski definition) is 0. The minimum Gasteiger partial charge on any atom is -0.253 e. The molecule has 0 aliphatic rings. The van der Waals surface area contributed by atoms with Gasteiger partial charge in [-0.2, -0.15) is 5.11 Å². The number of hydrogen-bond acceptors (Lipinski definition) is 4. The lowest BCUT2D eigenvalue weighted by Gasteiger charge is -2.11. The summed E-state index contributed by atoms with van der Waals surface area (Å²) in [5.41, 5.74) is 2.65. The van der Waals surface area contributed by atoms with E-state index in [2.05, 4.69) is 14.6 Å². The molecule has 0 saturated heterocycles. The fraction of sp³-hybridized carbons (Fsp3) is 0.167. The van der Waals surface area contributed by atoms with Gasteiger partial charge < -0.3 is 0 Å². The van der Waals surface area contributed by atoms with Crippen molar-refractivity contribution < 1.29 is 8.42 Å². The smallest absolute Gasteiger partial charge is 0.253 e. The third-order valence-electron chi connectivity index (χ3n) is 3.58. The third kappa shape index (κ3) is 4.23. The van der Waals surface area contributed by atoms with Gasteiger partial charge in [0.25, 0.3) is 10.0 Å². The highest BCUT2D eigenvalue weighted by Gasteiger charge is 2.13. The maximum absolute atomic E-state index is 11.3. The van der Waals surface area contributed by atoms with E-state index in [4.69, 9.17) is 0 Å². The molecule has 0 unspecified atom stereocenters. The predicted octanol–water partition coefficient (Wildman–Crippen LogP) is 3.93. The van der Waals surface area contributed by atoms with Gasteiger partial charge in [0.15, 0.2) is 0 Å². The fourth-order valence-electron chi connectivity index (χ4n) is 2.46. The van der Waals surface area contributed by atoms with Gasteiger partial charge in [0.1, 0.15) is 6.04 Å². The van der Waals surface area contributed by atoms with Crippen LogP contribution in [-0.4, -0.2) is 19.7 Å². The zero-order valence-electron chi connectivity index (χ0n) is 13.2. The first-order valence-electron chi connectivity index (χ1n) is 7.53. The van der Waals surface area contributed by atoms with Crippen LogP contribution in [0.15, 0.2) is 76.4 Å². The highest BCUT2D eigenvalue weighted by atomic mass is 32.2. The molecule has 122 valence electrons. The highest BCUT2D eigenvalue weighted by Crippen LogP contribution is 2.23. The number of sulfonamides is 1. The van der Waals surface area contributed by atoms with Crippen molar-refractivity contribution in [3.63, 3.8) is 0 Å². The molecular formula is C18H17N3O2S. The van der Waals surface area contributed by atoms with E-state index in [1.807, 2.05) is 66.7 Å². The van der Waals surface area contributed by atoms with E-state index in [1.54, 1.807) is 0 Å². The van der Waals surface area contributed by atoms with Crippen LogP contribution in [0.3, 0.4) is 0 Å². The topological polar surface area (TPSA) is 71.8 Å². The van der Waals surface area contributed by atoms with Crippen LogP contribution in [0.1, 0.15) is 17.3 Å². The van der Waals surface area contributed by atoms with Crippen LogP contribution >= 0.6 is 0 Å². The molecule has 3 rings (SSSR count). The maximum Gasteiger partial charge on any atom is 0.267 e. The average Bonchev–Trinajstić information content (AvgIpc) is 2.58. The molecule has 1 aromatic heterocycles. The quantitative estimate of drug-likeness (QED) is 0.661. The molecule has 24 heavy (non-hydrogen) atoms. The van der Waals surface area contributed by atoms with Crippen molar-refractivity contribution >= 4 is 20.9 Å². The number of pyridine rings is 1. The molecule has 2 aromatic carbocycles. The third-order valence-corrected chi connectivity index (χ3v) is 3.97.